The molecule has 1 N–H and O–H groups in total. The van der Waals surface area contributed by atoms with Crippen LogP contribution in [-0.4, -0.2) is 15.9 Å². The van der Waals surface area contributed by atoms with Gasteiger partial charge >= 0.3 is 6.18 Å². The molecule has 0 bridgehead atoms. The molecule has 1 aromatic heterocycles. The van der Waals surface area contributed by atoms with Crippen LogP contribution in [-0.2, 0) is 6.18 Å². The second-order valence-electron chi connectivity index (χ2n) is 5.48. The zero-order valence-corrected chi connectivity index (χ0v) is 11.2. The van der Waals surface area contributed by atoms with Crippen molar-refractivity contribution in [2.45, 2.75) is 37.3 Å². The highest BCUT2D eigenvalue weighted by Gasteiger charge is 2.41. The Hall–Kier alpha value is -1.99. The van der Waals surface area contributed by atoms with Crippen LogP contribution >= 0.6 is 0 Å². The average Bonchev–Trinajstić information content (AvgIpc) is 2.77. The fourth-order valence-electron chi connectivity index (χ4n) is 2.71. The number of aromatic amines is 1. The zero-order chi connectivity index (χ0) is 16.1. The number of hydrogen-bond acceptors (Lipinski definition) is 2. The Morgan fingerprint density at radius 3 is 2.59 bits per heavy atom. The summed E-state index contributed by atoms with van der Waals surface area (Å²) in [6.45, 7) is 0. The van der Waals surface area contributed by atoms with Crippen molar-refractivity contribution in [3.63, 3.8) is 0 Å². The van der Waals surface area contributed by atoms with E-state index in [1.807, 2.05) is 0 Å². The van der Waals surface area contributed by atoms with Gasteiger partial charge in [0.05, 0.1) is 16.5 Å². The second kappa shape index (κ2) is 4.76. The Balaban J connectivity index is 2.09. The molecule has 3 rings (SSSR count). The molecule has 0 spiro atoms. The van der Waals surface area contributed by atoms with E-state index < -0.39 is 35.6 Å². The summed E-state index contributed by atoms with van der Waals surface area (Å²) in [5, 5.41) is 0.00140. The first kappa shape index (κ1) is 14.9. The van der Waals surface area contributed by atoms with Crippen molar-refractivity contribution in [1.82, 2.24) is 9.97 Å². The van der Waals surface area contributed by atoms with E-state index in [1.165, 1.54) is 0 Å². The smallest absolute Gasteiger partial charge is 0.310 e. The number of aromatic nitrogens is 2. The van der Waals surface area contributed by atoms with Crippen LogP contribution in [0.1, 0.15) is 36.6 Å². The van der Waals surface area contributed by atoms with E-state index in [1.54, 1.807) is 0 Å². The quantitative estimate of drug-likeness (QED) is 0.812. The lowest BCUT2D eigenvalue weighted by molar-refractivity contribution is -0.137. The predicted molar refractivity (Wildman–Crippen MR) is 68.9 cm³/mol. The first-order chi connectivity index (χ1) is 10.2. The van der Waals surface area contributed by atoms with Crippen molar-refractivity contribution in [1.29, 1.82) is 0 Å². The molecule has 1 aliphatic rings. The number of alkyl halides is 5. The molecule has 22 heavy (non-hydrogen) atoms. The molecule has 1 aromatic carbocycles. The largest absolute Gasteiger partial charge is 0.416 e. The summed E-state index contributed by atoms with van der Waals surface area (Å²) in [6, 6.07) is 2.60. The Morgan fingerprint density at radius 2 is 2.00 bits per heavy atom. The fraction of sp³-hybridized carbons (Fsp3) is 0.429. The van der Waals surface area contributed by atoms with Gasteiger partial charge in [-0.25, -0.2) is 13.8 Å². The van der Waals surface area contributed by atoms with Crippen LogP contribution in [0.4, 0.5) is 22.0 Å². The molecule has 1 atom stereocenters. The van der Waals surface area contributed by atoms with Crippen molar-refractivity contribution in [3.8, 4) is 0 Å². The monoisotopic (exact) mass is 318 g/mol. The third-order valence-corrected chi connectivity index (χ3v) is 3.84. The van der Waals surface area contributed by atoms with Crippen LogP contribution in [0.25, 0.3) is 10.9 Å². The normalized spacial score (nSPS) is 21.4. The Labute approximate surface area is 121 Å². The van der Waals surface area contributed by atoms with Gasteiger partial charge < -0.3 is 4.98 Å². The van der Waals surface area contributed by atoms with Crippen LogP contribution in [0.2, 0.25) is 0 Å². The zero-order valence-electron chi connectivity index (χ0n) is 11.2. The summed E-state index contributed by atoms with van der Waals surface area (Å²) in [5.74, 6) is -3.46. The number of halogens is 5. The minimum absolute atomic E-state index is 0.00140. The standard InChI is InChI=1S/C14H11F5N2O/c15-13(16)4-3-7(6-13)11-20-10-5-8(14(17,18)19)1-2-9(10)12(22)21-11/h1-2,5,7H,3-4,6H2,(H,20,21,22)/t7-/m1/s1. The Bertz CT molecular complexity index is 781. The van der Waals surface area contributed by atoms with E-state index in [2.05, 4.69) is 9.97 Å². The highest BCUT2D eigenvalue weighted by Crippen LogP contribution is 2.43. The van der Waals surface area contributed by atoms with Crippen molar-refractivity contribution in [2.75, 3.05) is 0 Å². The minimum atomic E-state index is -4.56. The molecule has 1 fully saturated rings. The van der Waals surface area contributed by atoms with E-state index in [0.717, 1.165) is 18.2 Å². The first-order valence-corrected chi connectivity index (χ1v) is 6.65. The van der Waals surface area contributed by atoms with Crippen LogP contribution in [0.15, 0.2) is 23.0 Å². The van der Waals surface area contributed by atoms with Gasteiger partial charge in [0.15, 0.2) is 0 Å². The van der Waals surface area contributed by atoms with Gasteiger partial charge in [0.2, 0.25) is 5.92 Å². The maximum absolute atomic E-state index is 13.2. The lowest BCUT2D eigenvalue weighted by Crippen LogP contribution is -2.16. The van der Waals surface area contributed by atoms with Crippen molar-refractivity contribution in [3.05, 3.63) is 39.9 Å². The molecule has 3 nitrogen and oxygen atoms in total. The molecule has 1 saturated carbocycles. The van der Waals surface area contributed by atoms with Gasteiger partial charge in [-0.05, 0) is 24.6 Å². The van der Waals surface area contributed by atoms with Gasteiger partial charge in [0, 0.05) is 18.8 Å². The number of nitrogens with one attached hydrogen (secondary N) is 1. The van der Waals surface area contributed by atoms with Gasteiger partial charge in [-0.3, -0.25) is 4.79 Å². The first-order valence-electron chi connectivity index (χ1n) is 6.65. The highest BCUT2D eigenvalue weighted by atomic mass is 19.4. The predicted octanol–water partition coefficient (Wildman–Crippen LogP) is 3.84. The molecule has 118 valence electrons. The van der Waals surface area contributed by atoms with Gasteiger partial charge in [0.25, 0.3) is 5.56 Å². The summed E-state index contributed by atoms with van der Waals surface area (Å²) < 4.78 is 64.6. The lowest BCUT2D eigenvalue weighted by Gasteiger charge is -2.12. The van der Waals surface area contributed by atoms with E-state index in [0.29, 0.717) is 0 Å². The molecule has 1 aliphatic carbocycles. The summed E-state index contributed by atoms with van der Waals surface area (Å²) in [4.78, 5) is 18.3. The summed E-state index contributed by atoms with van der Waals surface area (Å²) >= 11 is 0. The molecule has 8 heteroatoms. The van der Waals surface area contributed by atoms with E-state index in [4.69, 9.17) is 0 Å². The Morgan fingerprint density at radius 1 is 1.27 bits per heavy atom. The number of rotatable bonds is 1. The summed E-state index contributed by atoms with van der Waals surface area (Å²) in [5.41, 5.74) is -1.69. The highest BCUT2D eigenvalue weighted by molar-refractivity contribution is 5.78. The molecule has 2 aromatic rings. The maximum atomic E-state index is 13.2. The molecule has 0 aliphatic heterocycles. The fourth-order valence-corrected chi connectivity index (χ4v) is 2.71. The van der Waals surface area contributed by atoms with Crippen LogP contribution in [0, 0.1) is 0 Å². The third-order valence-electron chi connectivity index (χ3n) is 3.84. The molecule has 1 heterocycles. The van der Waals surface area contributed by atoms with Crippen molar-refractivity contribution >= 4 is 10.9 Å². The number of benzene rings is 1. The second-order valence-corrected chi connectivity index (χ2v) is 5.48. The summed E-state index contributed by atoms with van der Waals surface area (Å²) in [6.07, 6.45) is -5.19. The Kier molecular flexibility index (Phi) is 3.23. The minimum Gasteiger partial charge on any atom is -0.310 e. The van der Waals surface area contributed by atoms with Crippen LogP contribution in [0.5, 0.6) is 0 Å². The maximum Gasteiger partial charge on any atom is 0.416 e. The number of H-pyrrole nitrogens is 1. The van der Waals surface area contributed by atoms with E-state index in [-0.39, 0.29) is 29.6 Å². The molecular formula is C14H11F5N2O. The number of fused-ring (bicyclic) bond motifs is 1. The SMILES string of the molecule is O=c1[nH]c([C@@H]2CCC(F)(F)C2)nc2cc(C(F)(F)F)ccc12. The molecule has 0 unspecified atom stereocenters. The number of hydrogen-bond donors (Lipinski definition) is 1. The van der Waals surface area contributed by atoms with Crippen molar-refractivity contribution < 1.29 is 22.0 Å². The van der Waals surface area contributed by atoms with E-state index >= 15 is 0 Å². The number of nitrogens with zero attached hydrogens (tertiary/aromatic N) is 1. The molecule has 0 radical (unpaired) electrons. The molecule has 0 saturated heterocycles. The molecular weight excluding hydrogens is 307 g/mol. The van der Waals surface area contributed by atoms with Gasteiger partial charge in [-0.1, -0.05) is 0 Å². The average molecular weight is 318 g/mol. The van der Waals surface area contributed by atoms with Crippen molar-refractivity contribution in [2.24, 2.45) is 0 Å². The van der Waals surface area contributed by atoms with Gasteiger partial charge in [0.1, 0.15) is 5.82 Å². The topological polar surface area (TPSA) is 45.8 Å². The van der Waals surface area contributed by atoms with Crippen LogP contribution in [0.3, 0.4) is 0 Å². The third kappa shape index (κ3) is 2.69. The lowest BCUT2D eigenvalue weighted by atomic mass is 10.1. The van der Waals surface area contributed by atoms with Gasteiger partial charge in [-0.2, -0.15) is 13.2 Å². The molecule has 0 amide bonds. The van der Waals surface area contributed by atoms with Crippen LogP contribution < -0.4 is 5.56 Å². The van der Waals surface area contributed by atoms with E-state index in [9.17, 15) is 26.7 Å². The summed E-state index contributed by atoms with van der Waals surface area (Å²) in [7, 11) is 0. The van der Waals surface area contributed by atoms with Gasteiger partial charge in [-0.15, -0.1) is 0 Å².